The number of carbonyl (C=O) groups is 4. The molecule has 0 unspecified atom stereocenters. The van der Waals surface area contributed by atoms with Crippen LogP contribution in [-0.4, -0.2) is 54.3 Å². The van der Waals surface area contributed by atoms with Crippen LogP contribution in [0, 0.1) is 13.8 Å². The average Bonchev–Trinajstić information content (AvgIpc) is 3.07. The molecule has 1 heterocycles. The Morgan fingerprint density at radius 1 is 1.06 bits per heavy atom. The van der Waals surface area contributed by atoms with Crippen LogP contribution >= 0.6 is 11.8 Å². The highest BCUT2D eigenvalue weighted by atomic mass is 32.2. The van der Waals surface area contributed by atoms with Gasteiger partial charge in [0.1, 0.15) is 6.54 Å². The minimum atomic E-state index is -0.654. The second kappa shape index (κ2) is 11.8. The van der Waals surface area contributed by atoms with Crippen LogP contribution < -0.4 is 14.8 Å². The van der Waals surface area contributed by atoms with Crippen molar-refractivity contribution in [1.82, 2.24) is 4.90 Å². The third-order valence-electron chi connectivity index (χ3n) is 5.16. The molecule has 0 atom stereocenters. The maximum Gasteiger partial charge on any atom is 0.326 e. The zero-order valence-corrected chi connectivity index (χ0v) is 21.6. The zero-order chi connectivity index (χ0) is 26.4. The third kappa shape index (κ3) is 6.88. The van der Waals surface area contributed by atoms with Crippen LogP contribution in [-0.2, 0) is 19.1 Å². The van der Waals surface area contributed by atoms with Gasteiger partial charge in [-0.25, -0.2) is 0 Å². The Kier molecular flexibility index (Phi) is 8.76. The molecular formula is C26H28N2O7S. The molecule has 0 bridgehead atoms. The van der Waals surface area contributed by atoms with Gasteiger partial charge in [0.05, 0.1) is 18.1 Å². The summed E-state index contributed by atoms with van der Waals surface area (Å²) in [5.74, 6) is -0.864. The van der Waals surface area contributed by atoms with E-state index in [-0.39, 0.29) is 23.5 Å². The number of ether oxygens (including phenoxy) is 3. The van der Waals surface area contributed by atoms with Crippen molar-refractivity contribution in [2.75, 3.05) is 25.6 Å². The minimum absolute atomic E-state index is 0.167. The smallest absolute Gasteiger partial charge is 0.326 e. The molecule has 1 N–H and O–H groups in total. The average molecular weight is 513 g/mol. The fourth-order valence-electron chi connectivity index (χ4n) is 3.27. The van der Waals surface area contributed by atoms with E-state index >= 15 is 0 Å². The van der Waals surface area contributed by atoms with Crippen LogP contribution in [0.15, 0.2) is 41.3 Å². The van der Waals surface area contributed by atoms with Crippen LogP contribution in [0.25, 0.3) is 6.08 Å². The molecule has 36 heavy (non-hydrogen) atoms. The summed E-state index contributed by atoms with van der Waals surface area (Å²) in [4.78, 5) is 50.1. The van der Waals surface area contributed by atoms with Gasteiger partial charge in [0, 0.05) is 5.69 Å². The first kappa shape index (κ1) is 26.8. The number of amides is 3. The van der Waals surface area contributed by atoms with Gasteiger partial charge in [0.15, 0.2) is 18.1 Å². The normalized spacial score (nSPS) is 14.4. The Balaban J connectivity index is 1.65. The molecule has 0 radical (unpaired) electrons. The zero-order valence-electron chi connectivity index (χ0n) is 20.7. The Bertz CT molecular complexity index is 1220. The molecule has 3 amide bonds. The molecule has 190 valence electrons. The summed E-state index contributed by atoms with van der Waals surface area (Å²) in [6.07, 6.45) is 1.18. The molecule has 2 aromatic carbocycles. The summed E-state index contributed by atoms with van der Waals surface area (Å²) in [5, 5.41) is 2.24. The lowest BCUT2D eigenvalue weighted by molar-refractivity contribution is -0.149. The fraction of sp³-hybridized carbons (Fsp3) is 0.308. The maximum absolute atomic E-state index is 12.6. The predicted octanol–water partition coefficient (Wildman–Crippen LogP) is 4.32. The molecule has 9 nitrogen and oxygen atoms in total. The Hall–Kier alpha value is -3.79. The number of anilines is 1. The highest BCUT2D eigenvalue weighted by molar-refractivity contribution is 8.18. The van der Waals surface area contributed by atoms with Crippen molar-refractivity contribution in [2.45, 2.75) is 33.8 Å². The van der Waals surface area contributed by atoms with Gasteiger partial charge in [-0.2, -0.15) is 0 Å². The van der Waals surface area contributed by atoms with Crippen LogP contribution in [0.5, 0.6) is 11.5 Å². The Labute approximate surface area is 213 Å². The van der Waals surface area contributed by atoms with Crippen LogP contribution in [0.1, 0.15) is 30.5 Å². The van der Waals surface area contributed by atoms with Crippen LogP contribution in [0.4, 0.5) is 10.5 Å². The third-order valence-corrected chi connectivity index (χ3v) is 6.07. The van der Waals surface area contributed by atoms with Gasteiger partial charge < -0.3 is 19.5 Å². The SMILES string of the molecule is COc1cc(/C=C2\SC(=O)N(CC(=O)OC(C)C)C2=O)ccc1OCC(=O)Nc1ccc(C)c(C)c1. The summed E-state index contributed by atoms with van der Waals surface area (Å²) in [6.45, 7) is 6.66. The number of carbonyl (C=O) groups excluding carboxylic acids is 4. The van der Waals surface area contributed by atoms with Crippen molar-refractivity contribution in [3.05, 3.63) is 58.0 Å². The molecule has 0 aliphatic carbocycles. The first-order valence-corrected chi connectivity index (χ1v) is 12.0. The number of nitrogens with zero attached hydrogens (tertiary/aromatic N) is 1. The van der Waals surface area contributed by atoms with E-state index < -0.39 is 23.7 Å². The molecular weight excluding hydrogens is 484 g/mol. The number of rotatable bonds is 9. The number of hydrogen-bond donors (Lipinski definition) is 1. The molecule has 0 spiro atoms. The molecule has 1 aliphatic heterocycles. The van der Waals surface area contributed by atoms with Crippen LogP contribution in [0.2, 0.25) is 0 Å². The van der Waals surface area contributed by atoms with Gasteiger partial charge in [-0.1, -0.05) is 12.1 Å². The largest absolute Gasteiger partial charge is 0.493 e. The van der Waals surface area contributed by atoms with Crippen molar-refractivity contribution in [1.29, 1.82) is 0 Å². The maximum atomic E-state index is 12.6. The van der Waals surface area contributed by atoms with E-state index in [1.54, 1.807) is 32.0 Å². The monoisotopic (exact) mass is 512 g/mol. The fourth-order valence-corrected chi connectivity index (χ4v) is 4.11. The molecule has 1 fully saturated rings. The van der Waals surface area contributed by atoms with Crippen molar-refractivity contribution in [2.24, 2.45) is 0 Å². The highest BCUT2D eigenvalue weighted by Gasteiger charge is 2.36. The minimum Gasteiger partial charge on any atom is -0.493 e. The molecule has 1 saturated heterocycles. The van der Waals surface area contributed by atoms with Gasteiger partial charge in [-0.05, 0) is 86.5 Å². The number of benzene rings is 2. The number of imide groups is 1. The van der Waals surface area contributed by atoms with E-state index in [4.69, 9.17) is 14.2 Å². The van der Waals surface area contributed by atoms with Crippen molar-refractivity contribution in [3.8, 4) is 11.5 Å². The van der Waals surface area contributed by atoms with E-state index in [0.717, 1.165) is 27.8 Å². The topological polar surface area (TPSA) is 111 Å². The van der Waals surface area contributed by atoms with Crippen molar-refractivity contribution in [3.63, 3.8) is 0 Å². The van der Waals surface area contributed by atoms with Gasteiger partial charge in [-0.3, -0.25) is 24.1 Å². The van der Waals surface area contributed by atoms with E-state index in [2.05, 4.69) is 5.32 Å². The molecule has 1 aliphatic rings. The summed E-state index contributed by atoms with van der Waals surface area (Å²) in [6, 6.07) is 10.5. The summed E-state index contributed by atoms with van der Waals surface area (Å²) in [5.41, 5.74) is 3.46. The van der Waals surface area contributed by atoms with E-state index in [1.807, 2.05) is 32.0 Å². The molecule has 0 aromatic heterocycles. The number of hydrogen-bond acceptors (Lipinski definition) is 8. The molecule has 0 saturated carbocycles. The summed E-state index contributed by atoms with van der Waals surface area (Å²) >= 11 is 0.738. The second-order valence-electron chi connectivity index (χ2n) is 8.35. The van der Waals surface area contributed by atoms with E-state index in [1.165, 1.54) is 13.2 Å². The first-order valence-electron chi connectivity index (χ1n) is 11.2. The van der Waals surface area contributed by atoms with Gasteiger partial charge >= 0.3 is 5.97 Å². The van der Waals surface area contributed by atoms with Gasteiger partial charge in [0.25, 0.3) is 17.1 Å². The number of nitrogens with one attached hydrogen (secondary N) is 1. The van der Waals surface area contributed by atoms with Crippen LogP contribution in [0.3, 0.4) is 0 Å². The van der Waals surface area contributed by atoms with E-state index in [0.29, 0.717) is 22.7 Å². The molecule has 3 rings (SSSR count). The van der Waals surface area contributed by atoms with E-state index in [9.17, 15) is 19.2 Å². The number of thioether (sulfide) groups is 1. The number of methoxy groups -OCH3 is 1. The lowest BCUT2D eigenvalue weighted by atomic mass is 10.1. The summed E-state index contributed by atoms with van der Waals surface area (Å²) in [7, 11) is 1.45. The predicted molar refractivity (Wildman–Crippen MR) is 137 cm³/mol. The number of aryl methyl sites for hydroxylation is 2. The lowest BCUT2D eigenvalue weighted by Gasteiger charge is -2.13. The van der Waals surface area contributed by atoms with Crippen molar-refractivity contribution < 1.29 is 33.4 Å². The highest BCUT2D eigenvalue weighted by Crippen LogP contribution is 2.34. The van der Waals surface area contributed by atoms with Gasteiger partial charge in [-0.15, -0.1) is 0 Å². The Morgan fingerprint density at radius 2 is 1.81 bits per heavy atom. The quantitative estimate of drug-likeness (QED) is 0.391. The molecule has 10 heteroatoms. The lowest BCUT2D eigenvalue weighted by Crippen LogP contribution is -2.35. The van der Waals surface area contributed by atoms with Gasteiger partial charge in [0.2, 0.25) is 0 Å². The Morgan fingerprint density at radius 3 is 2.47 bits per heavy atom. The summed E-state index contributed by atoms with van der Waals surface area (Å²) < 4.78 is 16.0. The standard InChI is InChI=1S/C26H28N2O7S/c1-15(2)35-24(30)13-28-25(31)22(36-26(28)32)12-18-7-9-20(21(11-18)33-5)34-14-23(29)27-19-8-6-16(3)17(4)10-19/h6-12,15H,13-14H2,1-5H3,(H,27,29)/b22-12-. The van der Waals surface area contributed by atoms with Crippen molar-refractivity contribution >= 4 is 46.5 Å². The first-order chi connectivity index (χ1) is 17.1. The number of esters is 1. The molecule has 2 aromatic rings. The second-order valence-corrected chi connectivity index (χ2v) is 9.35.